The van der Waals surface area contributed by atoms with Gasteiger partial charge in [-0.2, -0.15) is 0 Å². The molecule has 4 heteroatoms. The van der Waals surface area contributed by atoms with E-state index in [4.69, 9.17) is 9.52 Å². The van der Waals surface area contributed by atoms with Crippen molar-refractivity contribution in [2.75, 3.05) is 0 Å². The summed E-state index contributed by atoms with van der Waals surface area (Å²) in [7, 11) is 0. The minimum Gasteiger partial charge on any atom is -0.481 e. The molecule has 0 fully saturated rings. The van der Waals surface area contributed by atoms with Crippen LogP contribution in [-0.2, 0) is 4.79 Å². The summed E-state index contributed by atoms with van der Waals surface area (Å²) in [6.07, 6.45) is 2.91. The van der Waals surface area contributed by atoms with Crippen molar-refractivity contribution < 1.29 is 14.3 Å². The number of carbonyl (C=O) groups is 1. The highest BCUT2D eigenvalue weighted by Gasteiger charge is 2.23. The number of aliphatic carboxylic acids is 1. The first-order chi connectivity index (χ1) is 6.16. The van der Waals surface area contributed by atoms with Gasteiger partial charge < -0.3 is 9.52 Å². The Balaban J connectivity index is 2.88. The fraction of sp³-hybridized carbons (Fsp3) is 0.444. The number of hydrogen-bond acceptors (Lipinski definition) is 2. The molecule has 1 heterocycles. The Hall–Kier alpha value is -0.770. The molecule has 0 bridgehead atoms. The van der Waals surface area contributed by atoms with Crippen molar-refractivity contribution in [2.24, 2.45) is 0 Å². The second kappa shape index (κ2) is 4.46. The average molecular weight is 247 g/mol. The van der Waals surface area contributed by atoms with Crippen LogP contribution in [0.3, 0.4) is 0 Å². The smallest absolute Gasteiger partial charge is 0.314 e. The minimum absolute atomic E-state index is 0.509. The van der Waals surface area contributed by atoms with E-state index >= 15 is 0 Å². The normalized spacial score (nSPS) is 12.8. The van der Waals surface area contributed by atoms with Crippen molar-refractivity contribution in [3.05, 3.63) is 22.6 Å². The van der Waals surface area contributed by atoms with Crippen molar-refractivity contribution in [1.82, 2.24) is 0 Å². The van der Waals surface area contributed by atoms with Crippen LogP contribution >= 0.6 is 15.9 Å². The van der Waals surface area contributed by atoms with Crippen LogP contribution in [0.2, 0.25) is 0 Å². The molecule has 1 atom stereocenters. The van der Waals surface area contributed by atoms with Gasteiger partial charge in [0.15, 0.2) is 0 Å². The molecular formula is C9H11BrO3. The van der Waals surface area contributed by atoms with E-state index < -0.39 is 11.9 Å². The highest BCUT2D eigenvalue weighted by Crippen LogP contribution is 2.29. The molecular weight excluding hydrogens is 236 g/mol. The maximum atomic E-state index is 10.9. The van der Waals surface area contributed by atoms with E-state index in [0.29, 0.717) is 12.2 Å². The Bertz CT molecular complexity index is 293. The maximum absolute atomic E-state index is 10.9. The lowest BCUT2D eigenvalue weighted by Crippen LogP contribution is -2.10. The minimum atomic E-state index is -0.836. The van der Waals surface area contributed by atoms with Crippen molar-refractivity contribution >= 4 is 21.9 Å². The summed E-state index contributed by atoms with van der Waals surface area (Å²) in [5.41, 5.74) is 0. The Morgan fingerprint density at radius 3 is 2.85 bits per heavy atom. The molecule has 1 rings (SSSR count). The zero-order valence-electron chi connectivity index (χ0n) is 7.29. The van der Waals surface area contributed by atoms with Gasteiger partial charge in [-0.15, -0.1) is 0 Å². The molecule has 13 heavy (non-hydrogen) atoms. The second-order valence-electron chi connectivity index (χ2n) is 2.81. The third-order valence-corrected chi connectivity index (χ3v) is 2.49. The lowest BCUT2D eigenvalue weighted by atomic mass is 10.0. The zero-order chi connectivity index (χ0) is 9.84. The Labute approximate surface area is 84.9 Å². The molecule has 0 aliphatic carbocycles. The first-order valence-electron chi connectivity index (χ1n) is 4.12. The predicted molar refractivity (Wildman–Crippen MR) is 51.7 cm³/mol. The van der Waals surface area contributed by atoms with Gasteiger partial charge in [-0.05, 0) is 28.4 Å². The summed E-state index contributed by atoms with van der Waals surface area (Å²) in [4.78, 5) is 10.9. The van der Waals surface area contributed by atoms with E-state index in [1.165, 1.54) is 6.26 Å². The summed E-state index contributed by atoms with van der Waals surface area (Å²) >= 11 is 3.25. The number of carboxylic acid groups (broad SMARTS) is 1. The van der Waals surface area contributed by atoms with Crippen LogP contribution in [0.15, 0.2) is 21.2 Å². The Morgan fingerprint density at radius 2 is 2.46 bits per heavy atom. The van der Waals surface area contributed by atoms with Gasteiger partial charge in [0.05, 0.1) is 10.7 Å². The van der Waals surface area contributed by atoms with Crippen LogP contribution in [0.1, 0.15) is 31.4 Å². The number of carboxylic acids is 1. The van der Waals surface area contributed by atoms with Gasteiger partial charge in [-0.1, -0.05) is 13.3 Å². The maximum Gasteiger partial charge on any atom is 0.314 e. The number of halogens is 1. The van der Waals surface area contributed by atoms with E-state index in [-0.39, 0.29) is 0 Å². The van der Waals surface area contributed by atoms with Gasteiger partial charge in [0.2, 0.25) is 0 Å². The van der Waals surface area contributed by atoms with Crippen LogP contribution in [0, 0.1) is 0 Å². The quantitative estimate of drug-likeness (QED) is 0.889. The molecule has 0 saturated heterocycles. The number of furan rings is 1. The SMILES string of the molecule is CCCC(C(=O)O)c1occc1Br. The number of hydrogen-bond donors (Lipinski definition) is 1. The molecule has 1 unspecified atom stereocenters. The van der Waals surface area contributed by atoms with Crippen molar-refractivity contribution in [3.63, 3.8) is 0 Å². The lowest BCUT2D eigenvalue weighted by molar-refractivity contribution is -0.139. The van der Waals surface area contributed by atoms with Gasteiger partial charge in [0.1, 0.15) is 11.7 Å². The molecule has 0 aromatic carbocycles. The molecule has 0 aliphatic rings. The van der Waals surface area contributed by atoms with E-state index in [9.17, 15) is 4.79 Å². The molecule has 1 aromatic rings. The van der Waals surface area contributed by atoms with Crippen molar-refractivity contribution in [1.29, 1.82) is 0 Å². The standard InChI is InChI=1S/C9H11BrO3/c1-2-3-6(9(11)12)8-7(10)4-5-13-8/h4-6H,2-3H2,1H3,(H,11,12). The van der Waals surface area contributed by atoms with Gasteiger partial charge >= 0.3 is 5.97 Å². The molecule has 72 valence electrons. The first-order valence-corrected chi connectivity index (χ1v) is 4.91. The molecule has 1 N–H and O–H groups in total. The van der Waals surface area contributed by atoms with E-state index in [0.717, 1.165) is 10.9 Å². The van der Waals surface area contributed by atoms with Crippen molar-refractivity contribution in [2.45, 2.75) is 25.7 Å². The molecule has 0 saturated carbocycles. The highest BCUT2D eigenvalue weighted by atomic mass is 79.9. The number of rotatable bonds is 4. The molecule has 0 spiro atoms. The van der Waals surface area contributed by atoms with Crippen LogP contribution in [-0.4, -0.2) is 11.1 Å². The third-order valence-electron chi connectivity index (χ3n) is 1.84. The van der Waals surface area contributed by atoms with E-state index in [1.807, 2.05) is 6.92 Å². The fourth-order valence-corrected chi connectivity index (χ4v) is 1.69. The van der Waals surface area contributed by atoms with Gasteiger partial charge in [-0.3, -0.25) is 4.79 Å². The summed E-state index contributed by atoms with van der Waals surface area (Å²) in [5, 5.41) is 8.92. The third kappa shape index (κ3) is 2.34. The largest absolute Gasteiger partial charge is 0.481 e. The summed E-state index contributed by atoms with van der Waals surface area (Å²) < 4.78 is 5.84. The fourth-order valence-electron chi connectivity index (χ4n) is 1.21. The first kappa shape index (κ1) is 10.3. The van der Waals surface area contributed by atoms with Crippen LogP contribution in [0.4, 0.5) is 0 Å². The summed E-state index contributed by atoms with van der Waals surface area (Å²) in [6.45, 7) is 1.95. The molecule has 1 aromatic heterocycles. The van der Waals surface area contributed by atoms with Crippen LogP contribution in [0.5, 0.6) is 0 Å². The van der Waals surface area contributed by atoms with Gasteiger partial charge in [0.25, 0.3) is 0 Å². The van der Waals surface area contributed by atoms with Crippen LogP contribution < -0.4 is 0 Å². The van der Waals surface area contributed by atoms with E-state index in [1.54, 1.807) is 6.07 Å². The zero-order valence-corrected chi connectivity index (χ0v) is 8.87. The van der Waals surface area contributed by atoms with Gasteiger partial charge in [0, 0.05) is 0 Å². The lowest BCUT2D eigenvalue weighted by Gasteiger charge is -2.07. The van der Waals surface area contributed by atoms with Gasteiger partial charge in [-0.25, -0.2) is 0 Å². The topological polar surface area (TPSA) is 50.4 Å². The second-order valence-corrected chi connectivity index (χ2v) is 3.67. The average Bonchev–Trinajstić information content (AvgIpc) is 2.47. The summed E-state index contributed by atoms with van der Waals surface area (Å²) in [5.74, 6) is -0.860. The molecule has 0 radical (unpaired) electrons. The highest BCUT2D eigenvalue weighted by molar-refractivity contribution is 9.10. The van der Waals surface area contributed by atoms with Crippen LogP contribution in [0.25, 0.3) is 0 Å². The summed E-state index contributed by atoms with van der Waals surface area (Å²) in [6, 6.07) is 1.71. The molecule has 0 amide bonds. The Morgan fingerprint density at radius 1 is 1.77 bits per heavy atom. The monoisotopic (exact) mass is 246 g/mol. The van der Waals surface area contributed by atoms with Crippen molar-refractivity contribution in [3.8, 4) is 0 Å². The Kier molecular flexibility index (Phi) is 3.54. The molecule has 3 nitrogen and oxygen atoms in total. The predicted octanol–water partition coefficient (Wildman–Crippen LogP) is 3.01. The van der Waals surface area contributed by atoms with E-state index in [2.05, 4.69) is 15.9 Å². The molecule has 0 aliphatic heterocycles.